The molecule has 1 aromatic carbocycles. The van der Waals surface area contributed by atoms with Gasteiger partial charge in [-0.25, -0.2) is 0 Å². The molecule has 1 aromatic rings. The van der Waals surface area contributed by atoms with E-state index in [1.807, 2.05) is 0 Å². The molecule has 2 saturated heterocycles. The van der Waals surface area contributed by atoms with Crippen molar-refractivity contribution in [3.63, 3.8) is 0 Å². The van der Waals surface area contributed by atoms with Crippen LogP contribution in [0.15, 0.2) is 30.3 Å². The lowest BCUT2D eigenvalue weighted by atomic mass is 9.77. The van der Waals surface area contributed by atoms with Gasteiger partial charge in [0.15, 0.2) is 0 Å². The van der Waals surface area contributed by atoms with E-state index in [0.717, 1.165) is 6.61 Å². The van der Waals surface area contributed by atoms with Gasteiger partial charge in [-0.1, -0.05) is 37.3 Å². The Hall–Kier alpha value is -0.860. The van der Waals surface area contributed by atoms with E-state index in [1.165, 1.54) is 31.4 Å². The zero-order valence-corrected chi connectivity index (χ0v) is 11.4. The van der Waals surface area contributed by atoms with Crippen molar-refractivity contribution in [1.82, 2.24) is 4.90 Å². The first-order valence-corrected chi connectivity index (χ1v) is 7.10. The SMILES string of the molecule is CC1COC2(CCCN(C)C2c2ccccc2)C1. The maximum absolute atomic E-state index is 6.29. The lowest BCUT2D eigenvalue weighted by Crippen LogP contribution is -2.49. The normalized spacial score (nSPS) is 37.2. The quantitative estimate of drug-likeness (QED) is 0.753. The van der Waals surface area contributed by atoms with Crippen molar-refractivity contribution in [3.8, 4) is 0 Å². The highest BCUT2D eigenvalue weighted by molar-refractivity contribution is 5.24. The highest BCUT2D eigenvalue weighted by atomic mass is 16.5. The Morgan fingerprint density at radius 3 is 2.72 bits per heavy atom. The minimum absolute atomic E-state index is 0.0633. The van der Waals surface area contributed by atoms with Crippen LogP contribution >= 0.6 is 0 Å². The molecule has 2 nitrogen and oxygen atoms in total. The third kappa shape index (κ3) is 1.98. The molecule has 0 bridgehead atoms. The number of piperidine rings is 1. The number of benzene rings is 1. The first kappa shape index (κ1) is 12.2. The van der Waals surface area contributed by atoms with Crippen LogP contribution < -0.4 is 0 Å². The molecule has 0 N–H and O–H groups in total. The van der Waals surface area contributed by atoms with E-state index in [2.05, 4.69) is 49.2 Å². The van der Waals surface area contributed by atoms with Crippen LogP contribution in [0.4, 0.5) is 0 Å². The fraction of sp³-hybridized carbons (Fsp3) is 0.625. The molecule has 98 valence electrons. The molecule has 2 aliphatic rings. The van der Waals surface area contributed by atoms with Gasteiger partial charge in [0.25, 0.3) is 0 Å². The van der Waals surface area contributed by atoms with E-state index in [-0.39, 0.29) is 5.60 Å². The van der Waals surface area contributed by atoms with Crippen LogP contribution in [0.1, 0.15) is 37.8 Å². The van der Waals surface area contributed by atoms with Gasteiger partial charge in [0.05, 0.1) is 18.2 Å². The molecule has 2 fully saturated rings. The number of nitrogens with zero attached hydrogens (tertiary/aromatic N) is 1. The third-order valence-electron chi connectivity index (χ3n) is 4.51. The molecular formula is C16H23NO. The van der Waals surface area contributed by atoms with E-state index >= 15 is 0 Å². The number of likely N-dealkylation sites (N-methyl/N-ethyl adjacent to an activating group) is 1. The summed E-state index contributed by atoms with van der Waals surface area (Å²) in [5.74, 6) is 0.697. The van der Waals surface area contributed by atoms with Crippen LogP contribution in [0.25, 0.3) is 0 Å². The standard InChI is InChI=1S/C16H23NO/c1-13-11-16(18-12-13)9-6-10-17(2)15(16)14-7-4-3-5-8-14/h3-5,7-8,13,15H,6,9-12H2,1-2H3. The molecule has 2 heterocycles. The van der Waals surface area contributed by atoms with Crippen molar-refractivity contribution in [3.05, 3.63) is 35.9 Å². The maximum atomic E-state index is 6.29. The topological polar surface area (TPSA) is 12.5 Å². The molecule has 0 radical (unpaired) electrons. The average molecular weight is 245 g/mol. The van der Waals surface area contributed by atoms with Gasteiger partial charge in [-0.3, -0.25) is 4.90 Å². The Morgan fingerprint density at radius 1 is 1.28 bits per heavy atom. The van der Waals surface area contributed by atoms with E-state index in [0.29, 0.717) is 12.0 Å². The molecule has 2 aliphatic heterocycles. The second-order valence-corrected chi connectivity index (χ2v) is 6.08. The summed E-state index contributed by atoms with van der Waals surface area (Å²) in [5, 5.41) is 0. The predicted molar refractivity (Wildman–Crippen MR) is 73.5 cm³/mol. The summed E-state index contributed by atoms with van der Waals surface area (Å²) in [7, 11) is 2.24. The zero-order valence-electron chi connectivity index (χ0n) is 11.4. The fourth-order valence-corrected chi connectivity index (χ4v) is 3.87. The van der Waals surface area contributed by atoms with Crippen molar-refractivity contribution < 1.29 is 4.74 Å². The van der Waals surface area contributed by atoms with Gasteiger partial charge in [-0.05, 0) is 44.3 Å². The van der Waals surface area contributed by atoms with Crippen molar-refractivity contribution in [2.45, 2.75) is 37.8 Å². The maximum Gasteiger partial charge on any atom is 0.0882 e. The van der Waals surface area contributed by atoms with Gasteiger partial charge < -0.3 is 4.74 Å². The van der Waals surface area contributed by atoms with Crippen LogP contribution in [-0.2, 0) is 4.74 Å². The Balaban J connectivity index is 1.96. The molecule has 3 rings (SSSR count). The highest BCUT2D eigenvalue weighted by Crippen LogP contribution is 2.48. The average Bonchev–Trinajstić information content (AvgIpc) is 2.72. The lowest BCUT2D eigenvalue weighted by Gasteiger charge is -2.46. The smallest absolute Gasteiger partial charge is 0.0882 e. The molecule has 3 unspecified atom stereocenters. The third-order valence-corrected chi connectivity index (χ3v) is 4.51. The number of ether oxygens (including phenoxy) is 1. The molecule has 18 heavy (non-hydrogen) atoms. The molecular weight excluding hydrogens is 222 g/mol. The molecule has 0 aromatic heterocycles. The number of hydrogen-bond donors (Lipinski definition) is 0. The lowest BCUT2D eigenvalue weighted by molar-refractivity contribution is -0.0903. The Kier molecular flexibility index (Phi) is 3.16. The summed E-state index contributed by atoms with van der Waals surface area (Å²) in [5.41, 5.74) is 1.47. The van der Waals surface area contributed by atoms with Crippen molar-refractivity contribution in [1.29, 1.82) is 0 Å². The summed E-state index contributed by atoms with van der Waals surface area (Å²) < 4.78 is 6.29. The van der Waals surface area contributed by atoms with E-state index in [9.17, 15) is 0 Å². The minimum Gasteiger partial charge on any atom is -0.373 e. The van der Waals surface area contributed by atoms with E-state index in [4.69, 9.17) is 4.74 Å². The summed E-state index contributed by atoms with van der Waals surface area (Å²) in [6.45, 7) is 4.42. The number of hydrogen-bond acceptors (Lipinski definition) is 2. The number of rotatable bonds is 1. The summed E-state index contributed by atoms with van der Waals surface area (Å²) in [6, 6.07) is 11.3. The largest absolute Gasteiger partial charge is 0.373 e. The second kappa shape index (κ2) is 4.67. The minimum atomic E-state index is 0.0633. The second-order valence-electron chi connectivity index (χ2n) is 6.08. The Labute approximate surface area is 110 Å². The summed E-state index contributed by atoms with van der Waals surface area (Å²) in [6.07, 6.45) is 3.67. The molecule has 0 amide bonds. The van der Waals surface area contributed by atoms with E-state index < -0.39 is 0 Å². The first-order chi connectivity index (χ1) is 8.71. The fourth-order valence-electron chi connectivity index (χ4n) is 3.87. The van der Waals surface area contributed by atoms with Crippen molar-refractivity contribution in [2.75, 3.05) is 20.2 Å². The first-order valence-electron chi connectivity index (χ1n) is 7.10. The van der Waals surface area contributed by atoms with Crippen molar-refractivity contribution >= 4 is 0 Å². The predicted octanol–water partition coefficient (Wildman–Crippen LogP) is 3.25. The van der Waals surface area contributed by atoms with Gasteiger partial charge in [0.1, 0.15) is 0 Å². The van der Waals surface area contributed by atoms with Gasteiger partial charge >= 0.3 is 0 Å². The van der Waals surface area contributed by atoms with Crippen molar-refractivity contribution in [2.24, 2.45) is 5.92 Å². The molecule has 0 aliphatic carbocycles. The molecule has 0 saturated carbocycles. The van der Waals surface area contributed by atoms with Crippen LogP contribution in [0.5, 0.6) is 0 Å². The number of likely N-dealkylation sites (tertiary alicyclic amines) is 1. The molecule has 1 spiro atoms. The molecule has 3 atom stereocenters. The van der Waals surface area contributed by atoms with Gasteiger partial charge in [-0.2, -0.15) is 0 Å². The summed E-state index contributed by atoms with van der Waals surface area (Å²) >= 11 is 0. The van der Waals surface area contributed by atoms with Gasteiger partial charge in [0, 0.05) is 0 Å². The monoisotopic (exact) mass is 245 g/mol. The van der Waals surface area contributed by atoms with Crippen LogP contribution in [0, 0.1) is 5.92 Å². The van der Waals surface area contributed by atoms with Crippen LogP contribution in [0.2, 0.25) is 0 Å². The Bertz CT molecular complexity index is 401. The van der Waals surface area contributed by atoms with Gasteiger partial charge in [-0.15, -0.1) is 0 Å². The van der Waals surface area contributed by atoms with E-state index in [1.54, 1.807) is 0 Å². The van der Waals surface area contributed by atoms with Crippen LogP contribution in [-0.4, -0.2) is 30.7 Å². The van der Waals surface area contributed by atoms with Gasteiger partial charge in [0.2, 0.25) is 0 Å². The highest BCUT2D eigenvalue weighted by Gasteiger charge is 2.49. The zero-order chi connectivity index (χ0) is 12.6. The van der Waals surface area contributed by atoms with Crippen LogP contribution in [0.3, 0.4) is 0 Å². The molecule has 2 heteroatoms. The summed E-state index contributed by atoms with van der Waals surface area (Å²) in [4.78, 5) is 2.48. The Morgan fingerprint density at radius 2 is 2.06 bits per heavy atom.